The number of thiophene rings is 1. The molecular formula is C18H22F3IN2S. The first-order valence-corrected chi connectivity index (χ1v) is 10.3. The highest BCUT2D eigenvalue weighted by Gasteiger charge is 2.32. The van der Waals surface area contributed by atoms with Crippen molar-refractivity contribution in [3.8, 4) is 0 Å². The van der Waals surface area contributed by atoms with Crippen molar-refractivity contribution in [2.45, 2.75) is 32.5 Å². The van der Waals surface area contributed by atoms with Crippen molar-refractivity contribution < 1.29 is 13.2 Å². The average Bonchev–Trinajstić information content (AvgIpc) is 2.78. The standard InChI is InChI=1S/C18H22F3IN2S/c1-10-8-24(3)9-11(2)15(10)23-14-6-4-5-12-13(7-18(19,20)21)17(22)25-16(12)14/h4-6,10-11,15,23H,7-9H2,1-3H3. The van der Waals surface area contributed by atoms with E-state index in [1.165, 1.54) is 11.3 Å². The van der Waals surface area contributed by atoms with Gasteiger partial charge in [-0.05, 0) is 58.5 Å². The van der Waals surface area contributed by atoms with Crippen LogP contribution in [0.25, 0.3) is 10.1 Å². The van der Waals surface area contributed by atoms with Crippen LogP contribution in [-0.4, -0.2) is 37.3 Å². The number of rotatable bonds is 3. The minimum absolute atomic E-state index is 0.327. The van der Waals surface area contributed by atoms with Gasteiger partial charge in [0.15, 0.2) is 0 Å². The van der Waals surface area contributed by atoms with Gasteiger partial charge >= 0.3 is 6.18 Å². The van der Waals surface area contributed by atoms with E-state index >= 15 is 0 Å². The summed E-state index contributed by atoms with van der Waals surface area (Å²) in [6, 6.07) is 5.98. The summed E-state index contributed by atoms with van der Waals surface area (Å²) in [5.41, 5.74) is 1.36. The summed E-state index contributed by atoms with van der Waals surface area (Å²) in [6.45, 7) is 6.52. The lowest BCUT2D eigenvalue weighted by Gasteiger charge is -2.40. The van der Waals surface area contributed by atoms with E-state index in [0.717, 1.165) is 31.7 Å². The monoisotopic (exact) mass is 482 g/mol. The van der Waals surface area contributed by atoms with Crippen molar-refractivity contribution in [2.75, 3.05) is 25.5 Å². The van der Waals surface area contributed by atoms with Crippen molar-refractivity contribution in [2.24, 2.45) is 11.8 Å². The Kier molecular flexibility index (Phi) is 5.56. The van der Waals surface area contributed by atoms with Crippen LogP contribution < -0.4 is 5.32 Å². The molecule has 0 bridgehead atoms. The molecule has 3 rings (SSSR count). The largest absolute Gasteiger partial charge is 0.393 e. The fraction of sp³-hybridized carbons (Fsp3) is 0.556. The van der Waals surface area contributed by atoms with E-state index in [1.54, 1.807) is 0 Å². The lowest BCUT2D eigenvalue weighted by atomic mass is 9.86. The van der Waals surface area contributed by atoms with E-state index in [1.807, 2.05) is 40.8 Å². The van der Waals surface area contributed by atoms with Crippen molar-refractivity contribution >= 4 is 49.7 Å². The predicted octanol–water partition coefficient (Wildman–Crippen LogP) is 5.61. The van der Waals surface area contributed by atoms with Crippen LogP contribution in [0, 0.1) is 14.7 Å². The van der Waals surface area contributed by atoms with Crippen molar-refractivity contribution in [3.63, 3.8) is 0 Å². The number of likely N-dealkylation sites (tertiary alicyclic amines) is 1. The summed E-state index contributed by atoms with van der Waals surface area (Å²) in [7, 11) is 2.13. The van der Waals surface area contributed by atoms with Crippen molar-refractivity contribution in [3.05, 3.63) is 26.6 Å². The minimum Gasteiger partial charge on any atom is -0.381 e. The fourth-order valence-electron chi connectivity index (χ4n) is 3.93. The molecule has 1 N–H and O–H groups in total. The Morgan fingerprint density at radius 1 is 1.24 bits per heavy atom. The molecule has 0 amide bonds. The zero-order valence-electron chi connectivity index (χ0n) is 14.5. The van der Waals surface area contributed by atoms with E-state index in [-0.39, 0.29) is 0 Å². The quantitative estimate of drug-likeness (QED) is 0.573. The van der Waals surface area contributed by atoms with E-state index in [4.69, 9.17) is 0 Å². The Labute approximate surface area is 163 Å². The van der Waals surface area contributed by atoms with Gasteiger partial charge in [0.05, 0.1) is 19.7 Å². The van der Waals surface area contributed by atoms with Crippen LogP contribution in [0.1, 0.15) is 19.4 Å². The zero-order valence-corrected chi connectivity index (χ0v) is 17.4. The first-order chi connectivity index (χ1) is 11.7. The molecule has 0 spiro atoms. The lowest BCUT2D eigenvalue weighted by Crippen LogP contribution is -2.49. The van der Waals surface area contributed by atoms with Gasteiger partial charge in [-0.1, -0.05) is 26.0 Å². The molecule has 1 fully saturated rings. The molecule has 1 aliphatic rings. The van der Waals surface area contributed by atoms with Gasteiger partial charge in [-0.15, -0.1) is 11.3 Å². The van der Waals surface area contributed by atoms with Crippen LogP contribution in [0.5, 0.6) is 0 Å². The van der Waals surface area contributed by atoms with E-state index < -0.39 is 12.6 Å². The minimum atomic E-state index is -4.19. The third kappa shape index (κ3) is 4.24. The zero-order chi connectivity index (χ0) is 18.4. The Morgan fingerprint density at radius 2 is 1.88 bits per heavy atom. The normalized spacial score (nSPS) is 25.5. The first kappa shape index (κ1) is 19.2. The average molecular weight is 482 g/mol. The second-order valence-electron chi connectivity index (χ2n) is 7.17. The molecule has 25 heavy (non-hydrogen) atoms. The van der Waals surface area contributed by atoms with E-state index in [9.17, 15) is 13.2 Å². The third-order valence-corrected chi connectivity index (χ3v) is 7.28. The van der Waals surface area contributed by atoms with Crippen molar-refractivity contribution in [1.82, 2.24) is 4.90 Å². The maximum atomic E-state index is 12.9. The Morgan fingerprint density at radius 3 is 2.48 bits per heavy atom. The van der Waals surface area contributed by atoms with Gasteiger partial charge in [0.1, 0.15) is 0 Å². The van der Waals surface area contributed by atoms with Crippen LogP contribution in [0.2, 0.25) is 0 Å². The van der Waals surface area contributed by atoms with Gasteiger partial charge in [0.2, 0.25) is 0 Å². The van der Waals surface area contributed by atoms with Crippen LogP contribution in [-0.2, 0) is 6.42 Å². The molecule has 1 aliphatic heterocycles. The maximum absolute atomic E-state index is 12.9. The second-order valence-corrected chi connectivity index (χ2v) is 10.0. The molecule has 1 aromatic heterocycles. The molecular weight excluding hydrogens is 460 g/mol. The topological polar surface area (TPSA) is 15.3 Å². The molecule has 2 atom stereocenters. The van der Waals surface area contributed by atoms with Crippen LogP contribution in [0.15, 0.2) is 18.2 Å². The summed E-state index contributed by atoms with van der Waals surface area (Å²) < 4.78 is 40.4. The summed E-state index contributed by atoms with van der Waals surface area (Å²) in [4.78, 5) is 2.34. The lowest BCUT2D eigenvalue weighted by molar-refractivity contribution is -0.127. The predicted molar refractivity (Wildman–Crippen MR) is 108 cm³/mol. The summed E-state index contributed by atoms with van der Waals surface area (Å²) in [5, 5.41) is 4.37. The number of piperidine rings is 1. The number of anilines is 1. The van der Waals surface area contributed by atoms with E-state index in [0.29, 0.717) is 23.4 Å². The van der Waals surface area contributed by atoms with Gasteiger partial charge in [-0.3, -0.25) is 0 Å². The van der Waals surface area contributed by atoms with Crippen LogP contribution in [0.3, 0.4) is 0 Å². The molecule has 0 radical (unpaired) electrons. The number of nitrogens with one attached hydrogen (secondary N) is 1. The molecule has 0 aliphatic carbocycles. The van der Waals surface area contributed by atoms with Gasteiger partial charge < -0.3 is 10.2 Å². The van der Waals surface area contributed by atoms with Crippen LogP contribution in [0.4, 0.5) is 18.9 Å². The number of fused-ring (bicyclic) bond motifs is 1. The number of alkyl halides is 3. The molecule has 2 nitrogen and oxygen atoms in total. The highest BCUT2D eigenvalue weighted by atomic mass is 127. The third-order valence-electron chi connectivity index (χ3n) is 4.89. The first-order valence-electron chi connectivity index (χ1n) is 8.37. The van der Waals surface area contributed by atoms with Crippen molar-refractivity contribution in [1.29, 1.82) is 0 Å². The van der Waals surface area contributed by atoms with Gasteiger partial charge in [-0.25, -0.2) is 0 Å². The molecule has 7 heteroatoms. The summed E-state index contributed by atoms with van der Waals surface area (Å²) in [5.74, 6) is 0.968. The maximum Gasteiger partial charge on any atom is 0.393 e. The van der Waals surface area contributed by atoms with Crippen LogP contribution >= 0.6 is 33.9 Å². The number of halogens is 4. The molecule has 2 unspecified atom stereocenters. The molecule has 1 saturated heterocycles. The molecule has 2 heterocycles. The Balaban J connectivity index is 1.94. The number of benzene rings is 1. The Hall–Kier alpha value is -0.540. The number of hydrogen-bond acceptors (Lipinski definition) is 3. The fourth-order valence-corrected chi connectivity index (χ4v) is 6.09. The highest BCUT2D eigenvalue weighted by Crippen LogP contribution is 2.40. The molecule has 1 aromatic carbocycles. The molecule has 138 valence electrons. The number of nitrogens with zero attached hydrogens (tertiary/aromatic N) is 1. The summed E-state index contributed by atoms with van der Waals surface area (Å²) in [6.07, 6.45) is -5.05. The SMILES string of the molecule is CC1CN(C)CC(C)C1Nc1cccc2c(CC(F)(F)F)c(I)sc12. The second kappa shape index (κ2) is 7.23. The van der Waals surface area contributed by atoms with Gasteiger partial charge in [0, 0.05) is 19.1 Å². The summed E-state index contributed by atoms with van der Waals surface area (Å²) >= 11 is 3.49. The highest BCUT2D eigenvalue weighted by molar-refractivity contribution is 14.1. The molecule has 2 aromatic rings. The van der Waals surface area contributed by atoms with E-state index in [2.05, 4.69) is 31.1 Å². The van der Waals surface area contributed by atoms with Gasteiger partial charge in [-0.2, -0.15) is 13.2 Å². The Bertz CT molecular complexity index is 747. The molecule has 0 saturated carbocycles. The smallest absolute Gasteiger partial charge is 0.381 e. The van der Waals surface area contributed by atoms with Gasteiger partial charge in [0.25, 0.3) is 0 Å². The number of hydrogen-bond donors (Lipinski definition) is 1.